The average Bonchev–Trinajstić information content (AvgIpc) is 2.74. The molecule has 0 aromatic heterocycles. The van der Waals surface area contributed by atoms with Gasteiger partial charge in [-0.2, -0.15) is 0 Å². The van der Waals surface area contributed by atoms with Crippen molar-refractivity contribution in [2.45, 2.75) is 0 Å². The number of anilines is 1. The number of ether oxygens (including phenoxy) is 2. The lowest BCUT2D eigenvalue weighted by Gasteiger charge is -2.08. The van der Waals surface area contributed by atoms with Gasteiger partial charge in [0.1, 0.15) is 5.75 Å². The van der Waals surface area contributed by atoms with Crippen LogP contribution in [0.25, 0.3) is 0 Å². The molecular formula is C21H15ClN2O6. The highest BCUT2D eigenvalue weighted by Crippen LogP contribution is 2.25. The van der Waals surface area contributed by atoms with Gasteiger partial charge in [0, 0.05) is 22.3 Å². The van der Waals surface area contributed by atoms with Crippen molar-refractivity contribution in [3.8, 4) is 11.5 Å². The Balaban J connectivity index is 1.55. The van der Waals surface area contributed by atoms with Crippen molar-refractivity contribution in [3.63, 3.8) is 0 Å². The molecule has 0 atom stereocenters. The normalized spacial score (nSPS) is 10.2. The molecule has 9 heteroatoms. The van der Waals surface area contributed by atoms with Crippen LogP contribution in [0.4, 0.5) is 11.4 Å². The Morgan fingerprint density at radius 2 is 1.63 bits per heavy atom. The molecule has 1 N–H and O–H groups in total. The number of halogens is 1. The van der Waals surface area contributed by atoms with Gasteiger partial charge in [0.25, 0.3) is 5.91 Å². The van der Waals surface area contributed by atoms with Crippen molar-refractivity contribution < 1.29 is 24.0 Å². The monoisotopic (exact) mass is 426 g/mol. The van der Waals surface area contributed by atoms with Crippen LogP contribution in [0, 0.1) is 10.1 Å². The fraction of sp³-hybridized carbons (Fsp3) is 0.0476. The minimum Gasteiger partial charge on any atom is -0.475 e. The molecule has 0 unspecified atom stereocenters. The minimum atomic E-state index is -0.744. The maximum atomic E-state index is 12.3. The van der Waals surface area contributed by atoms with Gasteiger partial charge in [0.05, 0.1) is 4.92 Å². The number of nitro groups is 1. The fourth-order valence-electron chi connectivity index (χ4n) is 2.44. The third-order valence-electron chi connectivity index (χ3n) is 3.86. The van der Waals surface area contributed by atoms with Gasteiger partial charge in [-0.15, -0.1) is 0 Å². The van der Waals surface area contributed by atoms with Gasteiger partial charge in [-0.1, -0.05) is 23.7 Å². The second-order valence-corrected chi connectivity index (χ2v) is 6.41. The number of esters is 1. The predicted octanol–water partition coefficient (Wildman–Crippen LogP) is 4.48. The first-order chi connectivity index (χ1) is 14.4. The number of benzene rings is 3. The highest BCUT2D eigenvalue weighted by atomic mass is 35.5. The van der Waals surface area contributed by atoms with Crippen LogP contribution in [0.5, 0.6) is 11.5 Å². The first-order valence-electron chi connectivity index (χ1n) is 8.66. The molecule has 0 heterocycles. The van der Waals surface area contributed by atoms with E-state index in [0.717, 1.165) is 0 Å². The number of rotatable bonds is 7. The van der Waals surface area contributed by atoms with Crippen LogP contribution in [0.15, 0.2) is 72.8 Å². The van der Waals surface area contributed by atoms with Crippen LogP contribution in [-0.4, -0.2) is 23.4 Å². The van der Waals surface area contributed by atoms with Crippen molar-refractivity contribution in [2.24, 2.45) is 0 Å². The number of nitrogens with one attached hydrogen (secondary N) is 1. The zero-order chi connectivity index (χ0) is 21.5. The van der Waals surface area contributed by atoms with Gasteiger partial charge in [-0.25, -0.2) is 4.79 Å². The summed E-state index contributed by atoms with van der Waals surface area (Å²) in [6.07, 6.45) is 0. The van der Waals surface area contributed by atoms with Crippen LogP contribution in [-0.2, 0) is 4.79 Å². The lowest BCUT2D eigenvalue weighted by molar-refractivity contribution is -0.385. The Bertz CT molecular complexity index is 1070. The first kappa shape index (κ1) is 20.8. The SMILES string of the molecule is O=C(COc1ccccc1[N+](=O)[O-])Oc1ccc(C(=O)Nc2ccc(Cl)cc2)cc1. The zero-order valence-electron chi connectivity index (χ0n) is 15.4. The van der Waals surface area contributed by atoms with Crippen LogP contribution in [0.3, 0.4) is 0 Å². The van der Waals surface area contributed by atoms with E-state index in [2.05, 4.69) is 5.32 Å². The zero-order valence-corrected chi connectivity index (χ0v) is 16.2. The number of carbonyl (C=O) groups is 2. The summed E-state index contributed by atoms with van der Waals surface area (Å²) in [6.45, 7) is -0.510. The quantitative estimate of drug-likeness (QED) is 0.258. The molecule has 30 heavy (non-hydrogen) atoms. The predicted molar refractivity (Wildman–Crippen MR) is 110 cm³/mol. The van der Waals surface area contributed by atoms with E-state index in [9.17, 15) is 19.7 Å². The average molecular weight is 427 g/mol. The van der Waals surface area contributed by atoms with E-state index in [-0.39, 0.29) is 23.1 Å². The minimum absolute atomic E-state index is 0.0336. The van der Waals surface area contributed by atoms with Crippen molar-refractivity contribution in [2.75, 3.05) is 11.9 Å². The lowest BCUT2D eigenvalue weighted by Crippen LogP contribution is -2.18. The van der Waals surface area contributed by atoms with Gasteiger partial charge in [-0.05, 0) is 54.6 Å². The number of hydrogen-bond donors (Lipinski definition) is 1. The Labute approximate surface area is 176 Å². The maximum Gasteiger partial charge on any atom is 0.349 e. The third-order valence-corrected chi connectivity index (χ3v) is 4.11. The smallest absolute Gasteiger partial charge is 0.349 e. The van der Waals surface area contributed by atoms with E-state index in [1.807, 2.05) is 0 Å². The number of hydrogen-bond acceptors (Lipinski definition) is 6. The second-order valence-electron chi connectivity index (χ2n) is 5.97. The number of nitro benzene ring substituents is 1. The van der Waals surface area contributed by atoms with Crippen LogP contribution in [0.1, 0.15) is 10.4 Å². The Morgan fingerprint density at radius 1 is 0.967 bits per heavy atom. The number of carbonyl (C=O) groups excluding carboxylic acids is 2. The molecular weight excluding hydrogens is 412 g/mol. The van der Waals surface area contributed by atoms with Gasteiger partial charge >= 0.3 is 11.7 Å². The Morgan fingerprint density at radius 3 is 2.30 bits per heavy atom. The van der Waals surface area contributed by atoms with E-state index < -0.39 is 17.5 Å². The summed E-state index contributed by atoms with van der Waals surface area (Å²) in [7, 11) is 0. The van der Waals surface area contributed by atoms with Crippen molar-refractivity contribution in [1.29, 1.82) is 0 Å². The molecule has 8 nitrogen and oxygen atoms in total. The highest BCUT2D eigenvalue weighted by molar-refractivity contribution is 6.30. The van der Waals surface area contributed by atoms with Crippen LogP contribution >= 0.6 is 11.6 Å². The van der Waals surface area contributed by atoms with E-state index >= 15 is 0 Å². The van der Waals surface area contributed by atoms with Crippen molar-refractivity contribution in [1.82, 2.24) is 0 Å². The van der Waals surface area contributed by atoms with Gasteiger partial charge in [0.2, 0.25) is 0 Å². The highest BCUT2D eigenvalue weighted by Gasteiger charge is 2.16. The molecule has 0 saturated heterocycles. The van der Waals surface area contributed by atoms with Gasteiger partial charge in [-0.3, -0.25) is 14.9 Å². The van der Waals surface area contributed by atoms with E-state index in [1.54, 1.807) is 30.3 Å². The standard InChI is InChI=1S/C21H15ClN2O6/c22-15-7-9-16(10-8-15)23-21(26)14-5-11-17(12-6-14)30-20(25)13-29-19-4-2-1-3-18(19)24(27)28/h1-12H,13H2,(H,23,26). The molecule has 1 amide bonds. The molecule has 0 fully saturated rings. The number of nitrogens with zero attached hydrogens (tertiary/aromatic N) is 1. The van der Waals surface area contributed by atoms with Crippen LogP contribution < -0.4 is 14.8 Å². The molecule has 0 bridgehead atoms. The number of amides is 1. The van der Waals surface area contributed by atoms with E-state index in [0.29, 0.717) is 16.3 Å². The largest absolute Gasteiger partial charge is 0.475 e. The molecule has 3 aromatic carbocycles. The first-order valence-corrected chi connectivity index (χ1v) is 9.04. The molecule has 152 valence electrons. The molecule has 0 aliphatic heterocycles. The summed E-state index contributed by atoms with van der Waals surface area (Å²) >= 11 is 5.81. The van der Waals surface area contributed by atoms with E-state index in [1.165, 1.54) is 42.5 Å². The molecule has 0 saturated carbocycles. The van der Waals surface area contributed by atoms with Gasteiger partial charge < -0.3 is 14.8 Å². The summed E-state index contributed by atoms with van der Waals surface area (Å²) in [5.41, 5.74) is 0.703. The summed E-state index contributed by atoms with van der Waals surface area (Å²) in [4.78, 5) is 34.5. The fourth-order valence-corrected chi connectivity index (χ4v) is 2.56. The Hall–Kier alpha value is -3.91. The summed E-state index contributed by atoms with van der Waals surface area (Å²) < 4.78 is 10.3. The Kier molecular flexibility index (Phi) is 6.61. The third kappa shape index (κ3) is 5.55. The van der Waals surface area contributed by atoms with Crippen LogP contribution in [0.2, 0.25) is 5.02 Å². The second kappa shape index (κ2) is 9.53. The molecule has 0 spiro atoms. The number of para-hydroxylation sites is 2. The summed E-state index contributed by atoms with van der Waals surface area (Å²) in [5, 5.41) is 14.2. The molecule has 3 rings (SSSR count). The van der Waals surface area contributed by atoms with Gasteiger partial charge in [0.15, 0.2) is 12.4 Å². The molecule has 0 radical (unpaired) electrons. The molecule has 3 aromatic rings. The molecule has 0 aliphatic rings. The summed E-state index contributed by atoms with van der Waals surface area (Å²) in [6, 6.07) is 18.3. The topological polar surface area (TPSA) is 108 Å². The maximum absolute atomic E-state index is 12.3. The van der Waals surface area contributed by atoms with Crippen molar-refractivity contribution in [3.05, 3.63) is 93.5 Å². The van der Waals surface area contributed by atoms with Crippen molar-refractivity contribution >= 4 is 34.9 Å². The molecule has 0 aliphatic carbocycles. The lowest BCUT2D eigenvalue weighted by atomic mass is 10.2. The summed E-state index contributed by atoms with van der Waals surface area (Å²) in [5.74, 6) is -0.913. The van der Waals surface area contributed by atoms with E-state index in [4.69, 9.17) is 21.1 Å².